The number of aromatic nitrogens is 4. The summed E-state index contributed by atoms with van der Waals surface area (Å²) >= 11 is 5.32. The minimum atomic E-state index is 0.676. The molecular weight excluding hydrogens is 196 g/mol. The maximum Gasteiger partial charge on any atom is 0.190 e. The van der Waals surface area contributed by atoms with Gasteiger partial charge < -0.3 is 0 Å². The van der Waals surface area contributed by atoms with E-state index >= 15 is 0 Å². The predicted molar refractivity (Wildman–Crippen MR) is 57.3 cm³/mol. The molecule has 0 N–H and O–H groups in total. The summed E-state index contributed by atoms with van der Waals surface area (Å²) in [5.74, 6) is 1.76. The summed E-state index contributed by atoms with van der Waals surface area (Å²) in [5, 5.41) is 0.676. The fourth-order valence-corrected chi connectivity index (χ4v) is 1.66. The average molecular weight is 206 g/mol. The van der Waals surface area contributed by atoms with Crippen LogP contribution in [0.25, 0.3) is 0 Å². The zero-order chi connectivity index (χ0) is 10.1. The molecule has 0 unspecified atom stereocenters. The van der Waals surface area contributed by atoms with Crippen LogP contribution < -0.4 is 0 Å². The standard InChI is InChI=1S/C9H10N4S/c1-7-10-3-5-12(7)9(14)13-6-4-11-8(13)2/h3-6H,1-2H3. The molecule has 0 aromatic carbocycles. The Kier molecular flexibility index (Phi) is 2.17. The highest BCUT2D eigenvalue weighted by atomic mass is 32.1. The van der Waals surface area contributed by atoms with Gasteiger partial charge in [-0.15, -0.1) is 0 Å². The summed E-state index contributed by atoms with van der Waals surface area (Å²) in [5.41, 5.74) is 0. The average Bonchev–Trinajstić information content (AvgIpc) is 2.73. The summed E-state index contributed by atoms with van der Waals surface area (Å²) in [4.78, 5) is 8.24. The van der Waals surface area contributed by atoms with Crippen molar-refractivity contribution in [1.82, 2.24) is 19.1 Å². The quantitative estimate of drug-likeness (QED) is 0.611. The van der Waals surface area contributed by atoms with E-state index in [2.05, 4.69) is 9.97 Å². The van der Waals surface area contributed by atoms with E-state index in [1.54, 1.807) is 12.4 Å². The molecule has 0 spiro atoms. The van der Waals surface area contributed by atoms with E-state index in [1.807, 2.05) is 35.4 Å². The van der Waals surface area contributed by atoms with Crippen molar-refractivity contribution >= 4 is 17.3 Å². The Balaban J connectivity index is 2.44. The van der Waals surface area contributed by atoms with Crippen LogP contribution in [-0.4, -0.2) is 24.2 Å². The molecule has 0 radical (unpaired) electrons. The Hall–Kier alpha value is -1.49. The lowest BCUT2D eigenvalue weighted by Crippen LogP contribution is -2.19. The predicted octanol–water partition coefficient (Wildman–Crippen LogP) is 1.38. The van der Waals surface area contributed by atoms with E-state index in [0.717, 1.165) is 11.6 Å². The molecule has 0 amide bonds. The topological polar surface area (TPSA) is 35.6 Å². The molecule has 4 nitrogen and oxygen atoms in total. The summed E-state index contributed by atoms with van der Waals surface area (Å²) in [6.45, 7) is 3.83. The van der Waals surface area contributed by atoms with Crippen LogP contribution in [0.3, 0.4) is 0 Å². The van der Waals surface area contributed by atoms with E-state index < -0.39 is 0 Å². The number of imidazole rings is 2. The lowest BCUT2D eigenvalue weighted by Gasteiger charge is -2.08. The lowest BCUT2D eigenvalue weighted by atomic mass is 10.6. The molecule has 72 valence electrons. The summed E-state index contributed by atoms with van der Waals surface area (Å²) in [6.07, 6.45) is 7.15. The van der Waals surface area contributed by atoms with E-state index in [4.69, 9.17) is 12.2 Å². The molecule has 0 saturated carbocycles. The lowest BCUT2D eigenvalue weighted by molar-refractivity contribution is 0.942. The van der Waals surface area contributed by atoms with Gasteiger partial charge in [0.15, 0.2) is 5.11 Å². The Labute approximate surface area is 87.2 Å². The normalized spacial score (nSPS) is 10.4. The van der Waals surface area contributed by atoms with Crippen LogP contribution in [-0.2, 0) is 0 Å². The van der Waals surface area contributed by atoms with Gasteiger partial charge in [-0.05, 0) is 26.1 Å². The molecule has 0 aliphatic rings. The van der Waals surface area contributed by atoms with Crippen molar-refractivity contribution < 1.29 is 0 Å². The van der Waals surface area contributed by atoms with Crippen LogP contribution in [0.1, 0.15) is 11.6 Å². The highest BCUT2D eigenvalue weighted by molar-refractivity contribution is 7.80. The number of rotatable bonds is 0. The highest BCUT2D eigenvalue weighted by Gasteiger charge is 2.07. The first-order valence-electron chi connectivity index (χ1n) is 4.25. The van der Waals surface area contributed by atoms with Gasteiger partial charge in [-0.3, -0.25) is 9.13 Å². The van der Waals surface area contributed by atoms with Crippen molar-refractivity contribution in [3.8, 4) is 0 Å². The van der Waals surface area contributed by atoms with E-state index in [1.165, 1.54) is 0 Å². The molecule has 5 heteroatoms. The van der Waals surface area contributed by atoms with Crippen molar-refractivity contribution in [2.24, 2.45) is 0 Å². The van der Waals surface area contributed by atoms with Gasteiger partial charge in [0, 0.05) is 24.8 Å². The van der Waals surface area contributed by atoms with Gasteiger partial charge in [0.1, 0.15) is 11.6 Å². The molecular formula is C9H10N4S. The first-order valence-corrected chi connectivity index (χ1v) is 4.65. The zero-order valence-corrected chi connectivity index (χ0v) is 8.82. The zero-order valence-electron chi connectivity index (χ0n) is 8.01. The van der Waals surface area contributed by atoms with Crippen LogP contribution in [0.4, 0.5) is 0 Å². The van der Waals surface area contributed by atoms with Gasteiger partial charge in [0.2, 0.25) is 0 Å². The molecule has 2 rings (SSSR count). The summed E-state index contributed by atoms with van der Waals surface area (Å²) in [7, 11) is 0. The minimum absolute atomic E-state index is 0.676. The molecule has 14 heavy (non-hydrogen) atoms. The summed E-state index contributed by atoms with van der Waals surface area (Å²) in [6, 6.07) is 0. The van der Waals surface area contributed by atoms with Crippen LogP contribution in [0, 0.1) is 13.8 Å². The Bertz CT molecular complexity index is 426. The third kappa shape index (κ3) is 1.35. The van der Waals surface area contributed by atoms with Gasteiger partial charge in [-0.1, -0.05) is 0 Å². The number of thiocarbonyl (C=S) groups is 1. The van der Waals surface area contributed by atoms with E-state index in [0.29, 0.717) is 5.11 Å². The SMILES string of the molecule is Cc1nccn1C(=S)n1ccnc1C. The summed E-state index contributed by atoms with van der Waals surface area (Å²) < 4.78 is 3.70. The van der Waals surface area contributed by atoms with Crippen molar-refractivity contribution in [3.05, 3.63) is 36.4 Å². The van der Waals surface area contributed by atoms with Crippen molar-refractivity contribution in [1.29, 1.82) is 0 Å². The van der Waals surface area contributed by atoms with Crippen LogP contribution in [0.5, 0.6) is 0 Å². The molecule has 0 atom stereocenters. The minimum Gasteiger partial charge on any atom is -0.280 e. The van der Waals surface area contributed by atoms with Crippen molar-refractivity contribution in [3.63, 3.8) is 0 Å². The van der Waals surface area contributed by atoms with Crippen molar-refractivity contribution in [2.75, 3.05) is 0 Å². The molecule has 2 heterocycles. The Morgan fingerprint density at radius 3 is 1.79 bits per heavy atom. The Morgan fingerprint density at radius 2 is 1.50 bits per heavy atom. The smallest absolute Gasteiger partial charge is 0.190 e. The largest absolute Gasteiger partial charge is 0.280 e. The fourth-order valence-electron chi connectivity index (χ4n) is 1.28. The van der Waals surface area contributed by atoms with Gasteiger partial charge in [-0.25, -0.2) is 9.97 Å². The maximum absolute atomic E-state index is 5.32. The molecule has 0 aliphatic carbocycles. The second-order valence-corrected chi connectivity index (χ2v) is 3.34. The van der Waals surface area contributed by atoms with Crippen LogP contribution >= 0.6 is 12.2 Å². The van der Waals surface area contributed by atoms with Crippen LogP contribution in [0.15, 0.2) is 24.8 Å². The molecule has 2 aromatic heterocycles. The number of nitrogens with zero attached hydrogens (tertiary/aromatic N) is 4. The first-order chi connectivity index (χ1) is 6.70. The molecule has 2 aromatic rings. The third-order valence-electron chi connectivity index (χ3n) is 2.06. The van der Waals surface area contributed by atoms with Crippen molar-refractivity contribution in [2.45, 2.75) is 13.8 Å². The molecule has 0 aliphatic heterocycles. The second kappa shape index (κ2) is 3.34. The third-order valence-corrected chi connectivity index (χ3v) is 2.46. The second-order valence-electron chi connectivity index (χ2n) is 2.97. The molecule has 0 fully saturated rings. The number of aryl methyl sites for hydroxylation is 2. The fraction of sp³-hybridized carbons (Fsp3) is 0.222. The van der Waals surface area contributed by atoms with E-state index in [9.17, 15) is 0 Å². The van der Waals surface area contributed by atoms with Crippen LogP contribution in [0.2, 0.25) is 0 Å². The maximum atomic E-state index is 5.32. The molecule has 0 saturated heterocycles. The highest BCUT2D eigenvalue weighted by Crippen LogP contribution is 2.02. The van der Waals surface area contributed by atoms with Gasteiger partial charge in [-0.2, -0.15) is 0 Å². The van der Waals surface area contributed by atoms with Gasteiger partial charge >= 0.3 is 0 Å². The van der Waals surface area contributed by atoms with Gasteiger partial charge in [0.05, 0.1) is 0 Å². The van der Waals surface area contributed by atoms with Gasteiger partial charge in [0.25, 0.3) is 0 Å². The monoisotopic (exact) mass is 206 g/mol. The molecule has 0 bridgehead atoms. The number of hydrogen-bond donors (Lipinski definition) is 0. The Morgan fingerprint density at radius 1 is 1.07 bits per heavy atom. The first kappa shape index (κ1) is 9.08. The van der Waals surface area contributed by atoms with E-state index in [-0.39, 0.29) is 0 Å². The number of hydrogen-bond acceptors (Lipinski definition) is 3.